The molecule has 3 aromatic rings. The van der Waals surface area contributed by atoms with E-state index in [0.717, 1.165) is 10.2 Å². The van der Waals surface area contributed by atoms with Gasteiger partial charge in [-0.05, 0) is 49.4 Å². The number of benzene rings is 1. The second-order valence-corrected chi connectivity index (χ2v) is 9.38. The maximum Gasteiger partial charge on any atom is 0.325 e. The van der Waals surface area contributed by atoms with Gasteiger partial charge >= 0.3 is 12.0 Å². The lowest BCUT2D eigenvalue weighted by Crippen LogP contribution is -2.58. The van der Waals surface area contributed by atoms with Crippen LogP contribution >= 0.6 is 11.3 Å². The first kappa shape index (κ1) is 23.8. The van der Waals surface area contributed by atoms with E-state index in [1.165, 1.54) is 11.1 Å². The average Bonchev–Trinajstić information content (AvgIpc) is 3.41. The summed E-state index contributed by atoms with van der Waals surface area (Å²) in [5, 5.41) is 5.71. The Morgan fingerprint density at radius 1 is 1.18 bits per heavy atom. The third kappa shape index (κ3) is 4.94. The Hall–Kier alpha value is -3.33. The van der Waals surface area contributed by atoms with Gasteiger partial charge in [0.15, 0.2) is 0 Å². The lowest BCUT2D eigenvalue weighted by atomic mass is 10.1. The van der Waals surface area contributed by atoms with Crippen molar-refractivity contribution in [2.24, 2.45) is 0 Å². The molecule has 1 fully saturated rings. The van der Waals surface area contributed by atoms with E-state index in [1.807, 2.05) is 41.5 Å². The van der Waals surface area contributed by atoms with Gasteiger partial charge in [0, 0.05) is 37.6 Å². The zero-order valence-corrected chi connectivity index (χ0v) is 20.6. The minimum atomic E-state index is -0.466. The van der Waals surface area contributed by atoms with E-state index in [9.17, 15) is 14.4 Å². The van der Waals surface area contributed by atoms with Crippen molar-refractivity contribution in [3.05, 3.63) is 58.6 Å². The first-order valence-corrected chi connectivity index (χ1v) is 12.4. The van der Waals surface area contributed by atoms with Crippen molar-refractivity contribution in [3.63, 3.8) is 0 Å². The molecule has 9 heteroatoms. The quantitative estimate of drug-likeness (QED) is 0.546. The molecular weight excluding hydrogens is 452 g/mol. The molecule has 1 aliphatic heterocycles. The number of urea groups is 1. The van der Waals surface area contributed by atoms with Gasteiger partial charge in [0.05, 0.1) is 6.61 Å². The molecule has 4 rings (SSSR count). The van der Waals surface area contributed by atoms with Gasteiger partial charge in [0.1, 0.15) is 17.1 Å². The van der Waals surface area contributed by atoms with E-state index < -0.39 is 5.97 Å². The maximum absolute atomic E-state index is 13.6. The van der Waals surface area contributed by atoms with Crippen LogP contribution in [-0.2, 0) is 16.1 Å². The molecule has 0 spiro atoms. The summed E-state index contributed by atoms with van der Waals surface area (Å²) in [5.74, 6) is -0.498. The first-order chi connectivity index (χ1) is 16.4. The fourth-order valence-corrected chi connectivity index (χ4v) is 5.23. The summed E-state index contributed by atoms with van der Waals surface area (Å²) in [7, 11) is 0. The van der Waals surface area contributed by atoms with Gasteiger partial charge < -0.3 is 24.4 Å². The van der Waals surface area contributed by atoms with E-state index in [2.05, 4.69) is 28.9 Å². The van der Waals surface area contributed by atoms with Crippen LogP contribution in [-0.4, -0.2) is 71.1 Å². The predicted molar refractivity (Wildman–Crippen MR) is 132 cm³/mol. The largest absolute Gasteiger partial charge is 0.465 e. The lowest BCUT2D eigenvalue weighted by Gasteiger charge is -2.39. The van der Waals surface area contributed by atoms with Crippen molar-refractivity contribution < 1.29 is 19.1 Å². The van der Waals surface area contributed by atoms with E-state index in [1.54, 1.807) is 23.2 Å². The molecule has 8 nitrogen and oxygen atoms in total. The van der Waals surface area contributed by atoms with Crippen molar-refractivity contribution in [2.75, 3.05) is 32.8 Å². The number of carbonyl (C=O) groups is 3. The third-order valence-electron chi connectivity index (χ3n) is 6.18. The van der Waals surface area contributed by atoms with Crippen molar-refractivity contribution in [1.82, 2.24) is 19.7 Å². The fraction of sp³-hybridized carbons (Fsp3) is 0.400. The highest BCUT2D eigenvalue weighted by atomic mass is 32.1. The normalized spacial score (nSPS) is 16.0. The molecule has 1 aliphatic rings. The van der Waals surface area contributed by atoms with Crippen LogP contribution in [0.2, 0.25) is 0 Å². The number of rotatable bonds is 6. The number of carbonyl (C=O) groups excluding carboxylic acids is 3. The summed E-state index contributed by atoms with van der Waals surface area (Å²) in [5.41, 5.74) is 3.03. The van der Waals surface area contributed by atoms with Crippen molar-refractivity contribution in [1.29, 1.82) is 0 Å². The summed E-state index contributed by atoms with van der Waals surface area (Å²) in [6.45, 7) is 7.70. The maximum atomic E-state index is 13.6. The number of esters is 1. The molecule has 1 saturated heterocycles. The Balaban J connectivity index is 1.47. The monoisotopic (exact) mass is 482 g/mol. The van der Waals surface area contributed by atoms with Crippen LogP contribution in [0.15, 0.2) is 41.8 Å². The van der Waals surface area contributed by atoms with Crippen LogP contribution in [0.1, 0.15) is 35.5 Å². The highest BCUT2D eigenvalue weighted by molar-refractivity contribution is 7.16. The Morgan fingerprint density at radius 2 is 1.97 bits per heavy atom. The number of fused-ring (bicyclic) bond motifs is 1. The second-order valence-electron chi connectivity index (χ2n) is 8.48. The van der Waals surface area contributed by atoms with Gasteiger partial charge in [0.25, 0.3) is 5.91 Å². The summed E-state index contributed by atoms with van der Waals surface area (Å²) in [4.78, 5) is 42.2. The van der Waals surface area contributed by atoms with E-state index in [-0.39, 0.29) is 31.1 Å². The van der Waals surface area contributed by atoms with Gasteiger partial charge in [-0.25, -0.2) is 4.79 Å². The molecule has 0 bridgehead atoms. The SMILES string of the molecule is CCOC(=O)CNC(=O)N1CCN(C(=O)c2cc3ccsc3n2Cc2ccccc2C)CC1C. The average molecular weight is 483 g/mol. The Morgan fingerprint density at radius 3 is 2.71 bits per heavy atom. The van der Waals surface area contributed by atoms with E-state index >= 15 is 0 Å². The molecule has 180 valence electrons. The topological polar surface area (TPSA) is 83.9 Å². The standard InChI is InChI=1S/C25H30N4O4S/c1-4-33-22(30)14-26-25(32)28-11-10-27(15-18(28)3)23(31)21-13-19-9-12-34-24(19)29(21)16-20-8-6-5-7-17(20)2/h5-9,12-13,18H,4,10-11,14-16H2,1-3H3,(H,26,32). The smallest absolute Gasteiger partial charge is 0.325 e. The van der Waals surface area contributed by atoms with Crippen LogP contribution in [0.4, 0.5) is 4.79 Å². The molecule has 0 radical (unpaired) electrons. The number of hydrogen-bond acceptors (Lipinski definition) is 5. The Labute approximate surface area is 203 Å². The van der Waals surface area contributed by atoms with Gasteiger partial charge in [-0.3, -0.25) is 9.59 Å². The highest BCUT2D eigenvalue weighted by Crippen LogP contribution is 2.28. The van der Waals surface area contributed by atoms with Crippen LogP contribution in [0.25, 0.3) is 10.2 Å². The van der Waals surface area contributed by atoms with E-state index in [0.29, 0.717) is 31.9 Å². The lowest BCUT2D eigenvalue weighted by molar-refractivity contribution is -0.141. The molecule has 1 unspecified atom stereocenters. The van der Waals surface area contributed by atoms with Gasteiger partial charge in [-0.15, -0.1) is 11.3 Å². The number of thiophene rings is 1. The summed E-state index contributed by atoms with van der Waals surface area (Å²) < 4.78 is 6.96. The highest BCUT2D eigenvalue weighted by Gasteiger charge is 2.32. The number of nitrogens with zero attached hydrogens (tertiary/aromatic N) is 3. The zero-order valence-electron chi connectivity index (χ0n) is 19.7. The van der Waals surface area contributed by atoms with E-state index in [4.69, 9.17) is 4.74 Å². The van der Waals surface area contributed by atoms with Crippen molar-refractivity contribution in [3.8, 4) is 0 Å². The van der Waals surface area contributed by atoms with Crippen molar-refractivity contribution >= 4 is 39.5 Å². The molecule has 1 aromatic carbocycles. The van der Waals surface area contributed by atoms with Crippen molar-refractivity contribution in [2.45, 2.75) is 33.4 Å². The number of amides is 3. The molecular formula is C25H30N4O4S. The number of piperazine rings is 1. The number of aryl methyl sites for hydroxylation is 1. The molecule has 0 saturated carbocycles. The summed E-state index contributed by atoms with van der Waals surface area (Å²) in [6.07, 6.45) is 0. The number of nitrogens with one attached hydrogen (secondary N) is 1. The van der Waals surface area contributed by atoms with Crippen LogP contribution in [0.5, 0.6) is 0 Å². The minimum Gasteiger partial charge on any atom is -0.465 e. The molecule has 1 atom stereocenters. The predicted octanol–water partition coefficient (Wildman–Crippen LogP) is 3.48. The molecule has 0 aliphatic carbocycles. The summed E-state index contributed by atoms with van der Waals surface area (Å²) in [6, 6.07) is 11.7. The Bertz CT molecular complexity index is 1200. The number of ether oxygens (including phenoxy) is 1. The molecule has 34 heavy (non-hydrogen) atoms. The van der Waals surface area contributed by atoms with Crippen LogP contribution < -0.4 is 5.32 Å². The van der Waals surface area contributed by atoms with Crippen LogP contribution in [0, 0.1) is 6.92 Å². The molecule has 3 amide bonds. The first-order valence-electron chi connectivity index (χ1n) is 11.5. The zero-order chi connectivity index (χ0) is 24.2. The molecule has 3 heterocycles. The minimum absolute atomic E-state index is 0.0320. The molecule has 2 aromatic heterocycles. The fourth-order valence-electron chi connectivity index (χ4n) is 4.33. The second kappa shape index (κ2) is 10.3. The molecule has 1 N–H and O–H groups in total. The van der Waals surface area contributed by atoms with Crippen LogP contribution in [0.3, 0.4) is 0 Å². The summed E-state index contributed by atoms with van der Waals surface area (Å²) >= 11 is 1.63. The van der Waals surface area contributed by atoms with Gasteiger partial charge in [-0.1, -0.05) is 24.3 Å². The number of aromatic nitrogens is 1. The van der Waals surface area contributed by atoms with Gasteiger partial charge in [-0.2, -0.15) is 0 Å². The van der Waals surface area contributed by atoms with Gasteiger partial charge in [0.2, 0.25) is 0 Å². The Kier molecular flexibility index (Phi) is 7.21. The number of hydrogen-bond donors (Lipinski definition) is 1. The third-order valence-corrected chi connectivity index (χ3v) is 7.13.